The highest BCUT2D eigenvalue weighted by Gasteiger charge is 2.45. The first-order valence-corrected chi connectivity index (χ1v) is 20.8. The van der Waals surface area contributed by atoms with E-state index in [-0.39, 0.29) is 5.92 Å². The molecule has 3 aliphatic rings. The summed E-state index contributed by atoms with van der Waals surface area (Å²) in [6, 6.07) is 60.4. The zero-order valence-corrected chi connectivity index (χ0v) is 34.0. The largest absolute Gasteiger partial charge is 0.266 e. The van der Waals surface area contributed by atoms with Crippen LogP contribution in [0.25, 0.3) is 32.7 Å². The highest BCUT2D eigenvalue weighted by Crippen LogP contribution is 2.52. The third kappa shape index (κ3) is 6.03. The SMILES string of the molecule is C[N+]1(C)C(C=CC2=C(c3ccccc3)C(=CC=C3C(c4ccccc4)c4cc5ccccc5cc4[N+]3(C)C)CCC2)=C(c2ccccc2)c2cc3ccccc3cc21. The Morgan fingerprint density at radius 2 is 1.02 bits per heavy atom. The summed E-state index contributed by atoms with van der Waals surface area (Å²) in [5, 5.41) is 5.15. The lowest BCUT2D eigenvalue weighted by atomic mass is 9.82. The Balaban J connectivity index is 1.13. The molecule has 2 aliphatic heterocycles. The normalized spacial score (nSPS) is 19.8. The standard InChI is InChI=1S/C56H50N2/c1-57(2)50(55(40-21-10-6-11-22-40)48-35-44-25-14-16-27-46(44)37-52(48)57)33-31-42-29-18-30-43(54(42)39-19-8-5-9-20-39)32-34-51-56(41-23-12-7-13-24-41)49-36-45-26-15-17-28-47(45)38-53(49)58(51,3)4/h5-17,19-28,31-38,55H,18,29-30H2,1-4H3/q+2. The monoisotopic (exact) mass is 750 g/mol. The lowest BCUT2D eigenvalue weighted by Crippen LogP contribution is -2.37. The molecule has 0 fully saturated rings. The number of hydrogen-bond acceptors (Lipinski definition) is 0. The number of likely N-dealkylation sites (N-methyl/N-ethyl adjacent to an activating group) is 2. The van der Waals surface area contributed by atoms with Gasteiger partial charge in [0.15, 0.2) is 0 Å². The molecule has 0 saturated heterocycles. The maximum Gasteiger partial charge on any atom is 0.146 e. The Bertz CT molecular complexity index is 2880. The Labute approximate surface area is 343 Å². The summed E-state index contributed by atoms with van der Waals surface area (Å²) in [6.07, 6.45) is 13.0. The molecule has 2 heterocycles. The number of nitrogens with zero attached hydrogens (tertiary/aromatic N) is 2. The minimum absolute atomic E-state index is 0.170. The van der Waals surface area contributed by atoms with Crippen molar-refractivity contribution < 1.29 is 0 Å². The number of allylic oxidation sites excluding steroid dienone is 8. The molecule has 2 heteroatoms. The molecule has 0 N–H and O–H groups in total. The number of rotatable bonds is 6. The summed E-state index contributed by atoms with van der Waals surface area (Å²) < 4.78 is 1.41. The topological polar surface area (TPSA) is 0 Å². The van der Waals surface area contributed by atoms with Gasteiger partial charge in [0, 0.05) is 23.8 Å². The lowest BCUT2D eigenvalue weighted by Gasteiger charge is -2.28. The van der Waals surface area contributed by atoms with E-state index in [4.69, 9.17) is 0 Å². The van der Waals surface area contributed by atoms with Gasteiger partial charge in [-0.1, -0.05) is 152 Å². The van der Waals surface area contributed by atoms with Gasteiger partial charge in [-0.3, -0.25) is 8.97 Å². The van der Waals surface area contributed by atoms with Gasteiger partial charge in [0.25, 0.3) is 0 Å². The van der Waals surface area contributed by atoms with Crippen molar-refractivity contribution in [2.24, 2.45) is 0 Å². The van der Waals surface area contributed by atoms with Crippen LogP contribution < -0.4 is 8.97 Å². The van der Waals surface area contributed by atoms with Crippen molar-refractivity contribution in [3.8, 4) is 0 Å². The molecule has 1 atom stereocenters. The highest BCUT2D eigenvalue weighted by molar-refractivity contribution is 6.01. The second-order valence-corrected chi connectivity index (χ2v) is 17.1. The van der Waals surface area contributed by atoms with Crippen LogP contribution in [-0.2, 0) is 0 Å². The molecule has 0 spiro atoms. The maximum absolute atomic E-state index is 2.47. The van der Waals surface area contributed by atoms with Crippen molar-refractivity contribution in [2.45, 2.75) is 25.2 Å². The van der Waals surface area contributed by atoms with Gasteiger partial charge in [0.1, 0.15) is 22.8 Å². The fraction of sp³-hybridized carbons (Fsp3) is 0.143. The van der Waals surface area contributed by atoms with Crippen molar-refractivity contribution >= 4 is 44.1 Å². The van der Waals surface area contributed by atoms with Crippen LogP contribution in [0, 0.1) is 0 Å². The van der Waals surface area contributed by atoms with E-state index in [1.54, 1.807) is 0 Å². The smallest absolute Gasteiger partial charge is 0.146 e. The number of benzene rings is 7. The number of hydrogen-bond donors (Lipinski definition) is 0. The van der Waals surface area contributed by atoms with E-state index >= 15 is 0 Å². The molecule has 2 nitrogen and oxygen atoms in total. The number of quaternary nitrogens is 2. The molecule has 7 aromatic carbocycles. The predicted molar refractivity (Wildman–Crippen MR) is 248 cm³/mol. The van der Waals surface area contributed by atoms with Crippen LogP contribution in [0.1, 0.15) is 53.0 Å². The first-order valence-electron chi connectivity index (χ1n) is 20.8. The highest BCUT2D eigenvalue weighted by atomic mass is 15.3. The predicted octanol–water partition coefficient (Wildman–Crippen LogP) is 13.7. The van der Waals surface area contributed by atoms with Crippen LogP contribution in [0.3, 0.4) is 0 Å². The third-order valence-corrected chi connectivity index (χ3v) is 13.0. The van der Waals surface area contributed by atoms with E-state index in [1.165, 1.54) is 94.4 Å². The Kier molecular flexibility index (Phi) is 8.86. The molecule has 1 aliphatic carbocycles. The molecule has 7 aromatic rings. The minimum atomic E-state index is 0.170. The van der Waals surface area contributed by atoms with E-state index in [1.807, 2.05) is 0 Å². The second-order valence-electron chi connectivity index (χ2n) is 17.1. The molecular formula is C56H50N2+2. The van der Waals surface area contributed by atoms with Gasteiger partial charge in [-0.15, -0.1) is 0 Å². The average Bonchev–Trinajstić information content (AvgIpc) is 3.61. The van der Waals surface area contributed by atoms with Crippen molar-refractivity contribution in [3.63, 3.8) is 0 Å². The van der Waals surface area contributed by atoms with Gasteiger partial charge >= 0.3 is 0 Å². The Hall–Kier alpha value is -6.32. The molecule has 58 heavy (non-hydrogen) atoms. The van der Waals surface area contributed by atoms with Crippen LogP contribution in [-0.4, -0.2) is 28.2 Å². The van der Waals surface area contributed by atoms with E-state index in [0.29, 0.717) is 4.48 Å². The van der Waals surface area contributed by atoms with Crippen molar-refractivity contribution in [1.82, 2.24) is 8.97 Å². The average molecular weight is 751 g/mol. The van der Waals surface area contributed by atoms with E-state index in [9.17, 15) is 0 Å². The summed E-state index contributed by atoms with van der Waals surface area (Å²) >= 11 is 0. The molecule has 0 saturated carbocycles. The van der Waals surface area contributed by atoms with Crippen molar-refractivity contribution in [1.29, 1.82) is 0 Å². The zero-order chi connectivity index (χ0) is 39.4. The Morgan fingerprint density at radius 3 is 1.66 bits per heavy atom. The molecule has 0 bridgehead atoms. The molecule has 10 rings (SSSR count). The van der Waals surface area contributed by atoms with Gasteiger partial charge in [-0.2, -0.15) is 0 Å². The lowest BCUT2D eigenvalue weighted by molar-refractivity contribution is 0.499. The van der Waals surface area contributed by atoms with Gasteiger partial charge in [0.05, 0.1) is 45.2 Å². The maximum atomic E-state index is 2.47. The van der Waals surface area contributed by atoms with Crippen molar-refractivity contribution in [2.75, 3.05) is 28.2 Å². The Morgan fingerprint density at radius 1 is 0.483 bits per heavy atom. The summed E-state index contributed by atoms with van der Waals surface area (Å²) in [4.78, 5) is 0. The van der Waals surface area contributed by atoms with Gasteiger partial charge < -0.3 is 0 Å². The summed E-state index contributed by atoms with van der Waals surface area (Å²) in [5.41, 5.74) is 17.5. The van der Waals surface area contributed by atoms with Crippen LogP contribution in [0.4, 0.5) is 11.4 Å². The molecule has 1 unspecified atom stereocenters. The molecule has 0 radical (unpaired) electrons. The van der Waals surface area contributed by atoms with Crippen LogP contribution in [0.2, 0.25) is 0 Å². The summed E-state index contributed by atoms with van der Waals surface area (Å²) in [6.45, 7) is 0. The first kappa shape index (κ1) is 36.0. The minimum Gasteiger partial charge on any atom is -0.266 e. The van der Waals surface area contributed by atoms with Gasteiger partial charge in [-0.05, 0) is 92.4 Å². The third-order valence-electron chi connectivity index (χ3n) is 13.0. The molecule has 282 valence electrons. The van der Waals surface area contributed by atoms with E-state index in [2.05, 4.69) is 216 Å². The van der Waals surface area contributed by atoms with Crippen LogP contribution >= 0.6 is 0 Å². The van der Waals surface area contributed by atoms with Gasteiger partial charge in [0.2, 0.25) is 0 Å². The van der Waals surface area contributed by atoms with Crippen molar-refractivity contribution in [3.05, 3.63) is 238 Å². The van der Waals surface area contributed by atoms with E-state index in [0.717, 1.165) is 23.7 Å². The fourth-order valence-electron chi connectivity index (χ4n) is 10.1. The molecule has 0 aromatic heterocycles. The quantitative estimate of drug-likeness (QED) is 0.149. The first-order chi connectivity index (χ1) is 28.3. The van der Waals surface area contributed by atoms with Crippen LogP contribution in [0.15, 0.2) is 211 Å². The fourth-order valence-corrected chi connectivity index (χ4v) is 10.1. The molecule has 0 amide bonds. The zero-order valence-electron chi connectivity index (χ0n) is 34.0. The number of fused-ring (bicyclic) bond motifs is 4. The second kappa shape index (κ2) is 14.3. The summed E-state index contributed by atoms with van der Waals surface area (Å²) in [5.74, 6) is 0.170. The van der Waals surface area contributed by atoms with Crippen LogP contribution in [0.5, 0.6) is 0 Å². The van der Waals surface area contributed by atoms with E-state index < -0.39 is 0 Å². The molecular weight excluding hydrogens is 701 g/mol. The summed E-state index contributed by atoms with van der Waals surface area (Å²) in [7, 11) is 9.43. The van der Waals surface area contributed by atoms with Gasteiger partial charge in [-0.25, -0.2) is 0 Å².